The summed E-state index contributed by atoms with van der Waals surface area (Å²) in [6.45, 7) is 2.01. The number of nitrogens with one attached hydrogen (secondary N) is 1. The Morgan fingerprint density at radius 2 is 1.77 bits per heavy atom. The molecule has 0 bridgehead atoms. The fraction of sp³-hybridized carbons (Fsp3) is 0.167. The normalized spacial score (nSPS) is 13.9. The Morgan fingerprint density at radius 3 is 2.55 bits per heavy atom. The number of H-pyrrole nitrogens is 1. The van der Waals surface area contributed by atoms with Crippen LogP contribution in [-0.4, -0.2) is 21.4 Å². The Labute approximate surface area is 192 Å². The van der Waals surface area contributed by atoms with Crippen LogP contribution in [-0.2, 0) is 19.5 Å². The van der Waals surface area contributed by atoms with E-state index in [1.54, 1.807) is 12.1 Å². The van der Waals surface area contributed by atoms with Gasteiger partial charge in [0.05, 0.1) is 17.8 Å². The fourth-order valence-electron chi connectivity index (χ4n) is 3.81. The van der Waals surface area contributed by atoms with E-state index >= 15 is 0 Å². The lowest BCUT2D eigenvalue weighted by atomic mass is 10.1. The monoisotopic (exact) mass is 495 g/mol. The van der Waals surface area contributed by atoms with Gasteiger partial charge in [0.15, 0.2) is 0 Å². The molecule has 5 rings (SSSR count). The lowest BCUT2D eigenvalue weighted by molar-refractivity contribution is 0.223. The molecular weight excluding hydrogens is 478 g/mol. The summed E-state index contributed by atoms with van der Waals surface area (Å²) >= 11 is 9.42. The van der Waals surface area contributed by atoms with Gasteiger partial charge in [-0.15, -0.1) is 0 Å². The zero-order valence-corrected chi connectivity index (χ0v) is 18.9. The lowest BCUT2D eigenvalue weighted by Gasteiger charge is -2.26. The first kappa shape index (κ1) is 20.2. The van der Waals surface area contributed by atoms with Gasteiger partial charge in [-0.2, -0.15) is 0 Å². The summed E-state index contributed by atoms with van der Waals surface area (Å²) in [4.78, 5) is 22.6. The molecule has 0 atom stereocenters. The van der Waals surface area contributed by atoms with Gasteiger partial charge >= 0.3 is 0 Å². The number of hydrogen-bond donors (Lipinski definition) is 1. The van der Waals surface area contributed by atoms with Gasteiger partial charge < -0.3 is 9.40 Å². The summed E-state index contributed by atoms with van der Waals surface area (Å²) in [5.74, 6) is 2.30. The molecule has 0 saturated carbocycles. The van der Waals surface area contributed by atoms with Crippen LogP contribution >= 0.6 is 27.5 Å². The van der Waals surface area contributed by atoms with Crippen molar-refractivity contribution in [1.82, 2.24) is 14.9 Å². The third kappa shape index (κ3) is 4.37. The van der Waals surface area contributed by atoms with E-state index in [2.05, 4.69) is 25.8 Å². The van der Waals surface area contributed by atoms with Gasteiger partial charge in [0.25, 0.3) is 5.56 Å². The van der Waals surface area contributed by atoms with Gasteiger partial charge in [-0.25, -0.2) is 4.98 Å². The quantitative estimate of drug-likeness (QED) is 0.395. The Morgan fingerprint density at radius 1 is 1.03 bits per heavy atom. The molecule has 31 heavy (non-hydrogen) atoms. The Bertz CT molecular complexity index is 1280. The average molecular weight is 497 g/mol. The molecule has 3 heterocycles. The van der Waals surface area contributed by atoms with Crippen molar-refractivity contribution < 1.29 is 4.42 Å². The van der Waals surface area contributed by atoms with Crippen molar-refractivity contribution in [2.75, 3.05) is 6.54 Å². The fourth-order valence-corrected chi connectivity index (χ4v) is 4.20. The summed E-state index contributed by atoms with van der Waals surface area (Å²) in [5.41, 5.74) is 3.38. The molecule has 4 aromatic rings. The molecular formula is C24H19BrClN3O2. The molecule has 1 N–H and O–H groups in total. The maximum Gasteiger partial charge on any atom is 0.255 e. The van der Waals surface area contributed by atoms with Crippen LogP contribution in [0, 0.1) is 0 Å². The van der Waals surface area contributed by atoms with Crippen molar-refractivity contribution in [3.63, 3.8) is 0 Å². The Hall–Kier alpha value is -2.67. The van der Waals surface area contributed by atoms with Crippen LogP contribution in [0.1, 0.15) is 17.0 Å². The van der Waals surface area contributed by atoms with Crippen LogP contribution in [0.5, 0.6) is 0 Å². The number of rotatable bonds is 4. The number of furan rings is 1. The molecule has 2 aromatic heterocycles. The minimum atomic E-state index is -0.0883. The minimum absolute atomic E-state index is 0.0883. The summed E-state index contributed by atoms with van der Waals surface area (Å²) < 4.78 is 7.08. The lowest BCUT2D eigenvalue weighted by Crippen LogP contribution is -2.35. The highest BCUT2D eigenvalue weighted by Crippen LogP contribution is 2.26. The van der Waals surface area contributed by atoms with E-state index < -0.39 is 0 Å². The third-order valence-electron chi connectivity index (χ3n) is 5.44. The van der Waals surface area contributed by atoms with E-state index in [1.807, 2.05) is 48.5 Å². The average Bonchev–Trinajstić information content (AvgIpc) is 3.23. The molecule has 5 nitrogen and oxygen atoms in total. The van der Waals surface area contributed by atoms with Gasteiger partial charge in [-0.05, 0) is 48.5 Å². The molecule has 0 fully saturated rings. The van der Waals surface area contributed by atoms with Crippen molar-refractivity contribution in [2.45, 2.75) is 19.5 Å². The highest BCUT2D eigenvalue weighted by atomic mass is 79.9. The van der Waals surface area contributed by atoms with Crippen LogP contribution in [0.25, 0.3) is 22.7 Å². The van der Waals surface area contributed by atoms with E-state index in [1.165, 1.54) is 0 Å². The zero-order valence-electron chi connectivity index (χ0n) is 16.6. The number of hydrogen-bond acceptors (Lipinski definition) is 4. The first-order chi connectivity index (χ1) is 15.0. The van der Waals surface area contributed by atoms with Gasteiger partial charge in [-0.3, -0.25) is 9.69 Å². The molecule has 1 aliphatic heterocycles. The molecule has 1 aliphatic rings. The molecule has 2 aromatic carbocycles. The summed E-state index contributed by atoms with van der Waals surface area (Å²) in [7, 11) is 0. The topological polar surface area (TPSA) is 62.1 Å². The van der Waals surface area contributed by atoms with E-state index in [4.69, 9.17) is 21.0 Å². The standard InChI is InChI=1S/C24H19BrClN3O2/c25-17-5-1-15(2-6-17)22-10-9-19(31-22)13-29-12-11-21-20(14-29)24(30)28-23(27-21)16-3-7-18(26)8-4-16/h1-10H,11-14H2,(H,27,28,30). The van der Waals surface area contributed by atoms with Crippen molar-refractivity contribution in [3.8, 4) is 22.7 Å². The highest BCUT2D eigenvalue weighted by molar-refractivity contribution is 9.10. The minimum Gasteiger partial charge on any atom is -0.460 e. The third-order valence-corrected chi connectivity index (χ3v) is 6.22. The highest BCUT2D eigenvalue weighted by Gasteiger charge is 2.22. The largest absolute Gasteiger partial charge is 0.460 e. The molecule has 0 spiro atoms. The zero-order chi connectivity index (χ0) is 21.4. The molecule has 0 radical (unpaired) electrons. The predicted octanol–water partition coefficient (Wildman–Crippen LogP) is 5.67. The maximum absolute atomic E-state index is 12.8. The predicted molar refractivity (Wildman–Crippen MR) is 125 cm³/mol. The van der Waals surface area contributed by atoms with Gasteiger partial charge in [0, 0.05) is 40.1 Å². The number of nitrogens with zero attached hydrogens (tertiary/aromatic N) is 2. The number of aromatic nitrogens is 2. The molecule has 7 heteroatoms. The Balaban J connectivity index is 1.32. The van der Waals surface area contributed by atoms with Crippen LogP contribution < -0.4 is 5.56 Å². The van der Waals surface area contributed by atoms with E-state index in [-0.39, 0.29) is 5.56 Å². The number of benzene rings is 2. The van der Waals surface area contributed by atoms with Gasteiger partial charge in [-0.1, -0.05) is 39.7 Å². The Kier molecular flexibility index (Phi) is 5.52. The van der Waals surface area contributed by atoms with Crippen LogP contribution in [0.15, 0.2) is 74.3 Å². The van der Waals surface area contributed by atoms with Crippen LogP contribution in [0.4, 0.5) is 0 Å². The number of fused-ring (bicyclic) bond motifs is 1. The molecule has 0 unspecified atom stereocenters. The van der Waals surface area contributed by atoms with Gasteiger partial charge in [0.2, 0.25) is 0 Å². The van der Waals surface area contributed by atoms with Crippen molar-refractivity contribution in [3.05, 3.63) is 97.5 Å². The molecule has 156 valence electrons. The summed E-state index contributed by atoms with van der Waals surface area (Å²) in [6, 6.07) is 19.3. The molecule has 0 saturated heterocycles. The first-order valence-electron chi connectivity index (χ1n) is 10.0. The van der Waals surface area contributed by atoms with E-state index in [0.717, 1.165) is 51.3 Å². The van der Waals surface area contributed by atoms with Crippen molar-refractivity contribution in [1.29, 1.82) is 0 Å². The van der Waals surface area contributed by atoms with E-state index in [0.29, 0.717) is 23.9 Å². The van der Waals surface area contributed by atoms with Crippen LogP contribution in [0.3, 0.4) is 0 Å². The SMILES string of the molecule is O=c1[nH]c(-c2ccc(Cl)cc2)nc2c1CN(Cc1ccc(-c3ccc(Br)cc3)o1)CC2. The van der Waals surface area contributed by atoms with Gasteiger partial charge in [0.1, 0.15) is 17.3 Å². The second-order valence-corrected chi connectivity index (χ2v) is 8.93. The number of aromatic amines is 1. The van der Waals surface area contributed by atoms with Crippen molar-refractivity contribution in [2.24, 2.45) is 0 Å². The first-order valence-corrected chi connectivity index (χ1v) is 11.2. The second kappa shape index (κ2) is 8.46. The smallest absolute Gasteiger partial charge is 0.255 e. The van der Waals surface area contributed by atoms with Crippen molar-refractivity contribution >= 4 is 27.5 Å². The van der Waals surface area contributed by atoms with Crippen LogP contribution in [0.2, 0.25) is 5.02 Å². The molecule has 0 amide bonds. The second-order valence-electron chi connectivity index (χ2n) is 7.58. The molecule has 0 aliphatic carbocycles. The summed E-state index contributed by atoms with van der Waals surface area (Å²) in [5, 5.41) is 0.654. The maximum atomic E-state index is 12.8. The van der Waals surface area contributed by atoms with E-state index in [9.17, 15) is 4.79 Å². The summed E-state index contributed by atoms with van der Waals surface area (Å²) in [6.07, 6.45) is 0.722. The number of halogens is 2.